The molecule has 70 heavy (non-hydrogen) atoms. The Balaban J connectivity index is 0.832. The van der Waals surface area contributed by atoms with Gasteiger partial charge >= 0.3 is 0 Å². The molecule has 3 heteroatoms. The summed E-state index contributed by atoms with van der Waals surface area (Å²) in [6.45, 7) is 0. The summed E-state index contributed by atoms with van der Waals surface area (Å²) >= 11 is 0. The third kappa shape index (κ3) is 6.46. The molecule has 0 N–H and O–H groups in total. The van der Waals surface area contributed by atoms with Crippen molar-refractivity contribution in [3.63, 3.8) is 0 Å². The molecule has 0 aromatic heterocycles. The van der Waals surface area contributed by atoms with E-state index in [2.05, 4.69) is 215 Å². The van der Waals surface area contributed by atoms with Crippen LogP contribution in [0.5, 0.6) is 0 Å². The highest BCUT2D eigenvalue weighted by Crippen LogP contribution is 2.58. The Hall–Kier alpha value is -6.84. The van der Waals surface area contributed by atoms with E-state index in [1.807, 2.05) is 0 Å². The minimum absolute atomic E-state index is 0.486. The average molecular weight is 908 g/mol. The molecule has 344 valence electrons. The van der Waals surface area contributed by atoms with Gasteiger partial charge in [0.15, 0.2) is 0 Å². The lowest BCUT2D eigenvalue weighted by Crippen LogP contribution is -2.58. The molecule has 0 amide bonds. The highest BCUT2D eigenvalue weighted by Gasteiger charge is 2.49. The van der Waals surface area contributed by atoms with Gasteiger partial charge < -0.3 is 14.7 Å². The largest absolute Gasteiger partial charge is 0.366 e. The lowest BCUT2D eigenvalue weighted by Gasteiger charge is -2.57. The fourth-order valence-electron chi connectivity index (χ4n) is 16.2. The molecule has 0 spiro atoms. The summed E-state index contributed by atoms with van der Waals surface area (Å²) in [5, 5.41) is 0. The number of rotatable bonds is 9. The summed E-state index contributed by atoms with van der Waals surface area (Å²) in [6, 6.07) is 79.3. The zero-order chi connectivity index (χ0) is 45.9. The van der Waals surface area contributed by atoms with E-state index in [1.54, 1.807) is 0 Å². The van der Waals surface area contributed by atoms with Gasteiger partial charge in [0.2, 0.25) is 0 Å². The summed E-state index contributed by atoms with van der Waals surface area (Å²) in [4.78, 5) is 8.14. The smallest absolute Gasteiger partial charge is 0.0714 e. The Morgan fingerprint density at radius 2 is 0.729 bits per heavy atom. The highest BCUT2D eigenvalue weighted by atomic mass is 15.2. The van der Waals surface area contributed by atoms with Crippen LogP contribution in [0.4, 0.5) is 28.4 Å². The molecule has 8 fully saturated rings. The number of piperidine rings is 4. The highest BCUT2D eigenvalue weighted by molar-refractivity contribution is 5.90. The second-order valence-corrected chi connectivity index (χ2v) is 22.5. The molecule has 17 rings (SSSR count). The Labute approximate surface area is 414 Å². The number of anilines is 5. The predicted octanol–water partition coefficient (Wildman–Crippen LogP) is 16.4. The van der Waals surface area contributed by atoms with Crippen molar-refractivity contribution in [3.8, 4) is 33.4 Å². The van der Waals surface area contributed by atoms with E-state index in [0.29, 0.717) is 24.2 Å². The van der Waals surface area contributed by atoms with Gasteiger partial charge in [-0.15, -0.1) is 0 Å². The third-order valence-electron chi connectivity index (χ3n) is 18.7. The Morgan fingerprint density at radius 1 is 0.314 bits per heavy atom. The fraction of sp³-hybridized carbons (Fsp3) is 0.284. The average Bonchev–Trinajstić information content (AvgIpc) is 3.70. The second kappa shape index (κ2) is 16.1. The standard InChI is InChI=1S/C67H61N3/c1-3-13-52(14-4-1)67(53-15-5-2-6-16-53)65-20-8-7-19-63(65)64-30-29-58(43-66(64)67)68(54-25-21-48(22-26-54)50-11-9-17-56(41-50)69-59-33-44-31-45(35-59)36-60(69)34-44)55-27-23-49(24-28-55)51-12-10-18-57(42-51)70-61-37-46-32-47(39-61)40-62(70)38-46/h1-30,41-47,59-62H,31-40H2. The molecule has 4 aliphatic heterocycles. The monoisotopic (exact) mass is 907 g/mol. The summed E-state index contributed by atoms with van der Waals surface area (Å²) in [7, 11) is 0. The van der Waals surface area contributed by atoms with Crippen molar-refractivity contribution in [2.24, 2.45) is 23.7 Å². The SMILES string of the molecule is c1ccc(C2(c3ccccc3)c3ccccc3-c3ccc(N(c4ccc(-c5cccc(N6C7CC8CC(C7)CC6C8)c5)cc4)c4ccc(-c5cccc(N6C7CC8CC(C7)CC6C8)c5)cc4)cc32)cc1. The molecule has 4 saturated heterocycles. The second-order valence-electron chi connectivity index (χ2n) is 22.5. The van der Waals surface area contributed by atoms with Crippen molar-refractivity contribution in [2.45, 2.75) is 93.8 Å². The van der Waals surface area contributed by atoms with Gasteiger partial charge in [0.1, 0.15) is 0 Å². The van der Waals surface area contributed by atoms with Gasteiger partial charge in [0.05, 0.1) is 5.41 Å². The maximum absolute atomic E-state index is 2.82. The van der Waals surface area contributed by atoms with Crippen LogP contribution in [0.2, 0.25) is 0 Å². The molecule has 8 bridgehead atoms. The number of hydrogen-bond donors (Lipinski definition) is 0. The van der Waals surface area contributed by atoms with Crippen molar-refractivity contribution in [1.82, 2.24) is 0 Å². The topological polar surface area (TPSA) is 9.72 Å². The van der Waals surface area contributed by atoms with E-state index in [1.165, 1.54) is 131 Å². The molecular weight excluding hydrogens is 847 g/mol. The van der Waals surface area contributed by atoms with Crippen molar-refractivity contribution >= 4 is 28.4 Å². The molecule has 8 aromatic rings. The number of fused-ring (bicyclic) bond motifs is 3. The fourth-order valence-corrected chi connectivity index (χ4v) is 16.2. The van der Waals surface area contributed by atoms with Crippen molar-refractivity contribution in [1.29, 1.82) is 0 Å². The molecule has 4 saturated carbocycles. The molecule has 0 atom stereocenters. The first-order chi connectivity index (χ1) is 34.6. The first kappa shape index (κ1) is 41.0. The van der Waals surface area contributed by atoms with Gasteiger partial charge in [0, 0.05) is 52.6 Å². The zero-order valence-corrected chi connectivity index (χ0v) is 40.1. The summed E-state index contributed by atoms with van der Waals surface area (Å²) in [5.74, 6) is 3.79. The predicted molar refractivity (Wildman–Crippen MR) is 290 cm³/mol. The molecular formula is C67H61N3. The van der Waals surface area contributed by atoms with Crippen LogP contribution >= 0.6 is 0 Å². The van der Waals surface area contributed by atoms with Gasteiger partial charge in [-0.3, -0.25) is 0 Å². The first-order valence-electron chi connectivity index (χ1n) is 26.7. The quantitative estimate of drug-likeness (QED) is 0.143. The normalized spacial score (nSPS) is 26.1. The van der Waals surface area contributed by atoms with E-state index in [9.17, 15) is 0 Å². The minimum Gasteiger partial charge on any atom is -0.366 e. The van der Waals surface area contributed by atoms with Crippen molar-refractivity contribution in [2.75, 3.05) is 14.7 Å². The number of nitrogens with zero attached hydrogens (tertiary/aromatic N) is 3. The van der Waals surface area contributed by atoms with Crippen molar-refractivity contribution in [3.05, 3.63) is 222 Å². The van der Waals surface area contributed by atoms with Crippen LogP contribution in [0.25, 0.3) is 33.4 Å². The minimum atomic E-state index is -0.486. The maximum Gasteiger partial charge on any atom is 0.0714 e. The Bertz CT molecular complexity index is 3020. The van der Waals surface area contributed by atoms with E-state index >= 15 is 0 Å². The van der Waals surface area contributed by atoms with Crippen LogP contribution in [0, 0.1) is 23.7 Å². The summed E-state index contributed by atoms with van der Waals surface area (Å²) < 4.78 is 0. The molecule has 3 nitrogen and oxygen atoms in total. The van der Waals surface area contributed by atoms with Crippen LogP contribution in [0.15, 0.2) is 200 Å². The van der Waals surface area contributed by atoms with Crippen molar-refractivity contribution < 1.29 is 0 Å². The lowest BCUT2D eigenvalue weighted by atomic mass is 9.63. The van der Waals surface area contributed by atoms with E-state index in [0.717, 1.165) is 40.7 Å². The maximum atomic E-state index is 2.82. The molecule has 8 aromatic carbocycles. The number of benzene rings is 8. The van der Waals surface area contributed by atoms with Crippen LogP contribution in [-0.4, -0.2) is 24.2 Å². The van der Waals surface area contributed by atoms with Gasteiger partial charge in [-0.1, -0.05) is 140 Å². The molecule has 0 radical (unpaired) electrons. The summed E-state index contributed by atoms with van der Waals surface area (Å²) in [6.07, 6.45) is 14.0. The third-order valence-corrected chi connectivity index (χ3v) is 18.7. The van der Waals surface area contributed by atoms with Gasteiger partial charge in [0.25, 0.3) is 0 Å². The van der Waals surface area contributed by atoms with Crippen LogP contribution in [-0.2, 0) is 5.41 Å². The zero-order valence-electron chi connectivity index (χ0n) is 40.1. The Kier molecular flexibility index (Phi) is 9.43. The summed E-state index contributed by atoms with van der Waals surface area (Å²) in [5.41, 5.74) is 18.7. The number of hydrogen-bond acceptors (Lipinski definition) is 3. The van der Waals surface area contributed by atoms with Crippen LogP contribution in [0.3, 0.4) is 0 Å². The van der Waals surface area contributed by atoms with E-state index in [-0.39, 0.29) is 0 Å². The van der Waals surface area contributed by atoms with Crippen LogP contribution in [0.1, 0.15) is 86.5 Å². The lowest BCUT2D eigenvalue weighted by molar-refractivity contribution is 0.0899. The van der Waals surface area contributed by atoms with E-state index < -0.39 is 5.41 Å². The van der Waals surface area contributed by atoms with Gasteiger partial charge in [-0.2, -0.15) is 0 Å². The van der Waals surface area contributed by atoms with E-state index in [4.69, 9.17) is 0 Å². The van der Waals surface area contributed by atoms with Crippen LogP contribution < -0.4 is 14.7 Å². The van der Waals surface area contributed by atoms with Gasteiger partial charge in [-0.25, -0.2) is 0 Å². The molecule has 4 heterocycles. The molecule has 0 unspecified atom stereocenters. The Morgan fingerprint density at radius 3 is 1.20 bits per heavy atom. The molecule has 9 aliphatic rings. The first-order valence-corrected chi connectivity index (χ1v) is 26.7. The molecule has 5 aliphatic carbocycles. The van der Waals surface area contributed by atoms with Gasteiger partial charge in [-0.05, 0) is 204 Å².